The van der Waals surface area contributed by atoms with Crippen LogP contribution in [0.2, 0.25) is 0 Å². The van der Waals surface area contributed by atoms with Crippen LogP contribution in [0.3, 0.4) is 0 Å². The summed E-state index contributed by atoms with van der Waals surface area (Å²) < 4.78 is 0. The van der Waals surface area contributed by atoms with Crippen molar-refractivity contribution < 1.29 is 0 Å². The topological polar surface area (TPSA) is 37.8 Å². The number of nitrogens with zero attached hydrogens (tertiary/aromatic N) is 2. The molecule has 0 saturated heterocycles. The molecule has 18 heavy (non-hydrogen) atoms. The highest BCUT2D eigenvalue weighted by Crippen LogP contribution is 2.48. The third-order valence-electron chi connectivity index (χ3n) is 3.76. The molecule has 0 spiro atoms. The van der Waals surface area contributed by atoms with E-state index in [2.05, 4.69) is 21.4 Å². The number of hydrogen-bond acceptors (Lipinski definition) is 3. The Morgan fingerprint density at radius 3 is 2.83 bits per heavy atom. The normalized spacial score (nSPS) is 16.7. The summed E-state index contributed by atoms with van der Waals surface area (Å²) in [5, 5.41) is 4.55. The molecule has 4 heteroatoms. The lowest BCUT2D eigenvalue weighted by molar-refractivity contribution is 0.524. The Balaban J connectivity index is 1.79. The zero-order valence-electron chi connectivity index (χ0n) is 10.2. The molecule has 0 bridgehead atoms. The van der Waals surface area contributed by atoms with Crippen LogP contribution in [0.25, 0.3) is 10.9 Å². The first-order chi connectivity index (χ1) is 8.83. The van der Waals surface area contributed by atoms with Gasteiger partial charge in [-0.15, -0.1) is 11.6 Å². The van der Waals surface area contributed by atoms with Gasteiger partial charge in [0.25, 0.3) is 0 Å². The molecule has 1 heterocycles. The number of aromatic nitrogens is 2. The fourth-order valence-electron chi connectivity index (χ4n) is 2.31. The Labute approximate surface area is 112 Å². The van der Waals surface area contributed by atoms with Gasteiger partial charge >= 0.3 is 0 Å². The van der Waals surface area contributed by atoms with E-state index < -0.39 is 0 Å². The molecule has 1 fully saturated rings. The van der Waals surface area contributed by atoms with Crippen LogP contribution in [0, 0.1) is 5.41 Å². The number of benzene rings is 1. The van der Waals surface area contributed by atoms with Crippen LogP contribution in [0.1, 0.15) is 19.3 Å². The van der Waals surface area contributed by atoms with Crippen molar-refractivity contribution in [3.8, 4) is 0 Å². The summed E-state index contributed by atoms with van der Waals surface area (Å²) in [7, 11) is 0. The predicted molar refractivity (Wildman–Crippen MR) is 75.0 cm³/mol. The van der Waals surface area contributed by atoms with Gasteiger partial charge in [-0.3, -0.25) is 0 Å². The number of nitrogens with one attached hydrogen (secondary N) is 1. The predicted octanol–water partition coefficient (Wildman–Crippen LogP) is 3.45. The Morgan fingerprint density at radius 1 is 1.22 bits per heavy atom. The van der Waals surface area contributed by atoms with Gasteiger partial charge in [0.05, 0.1) is 5.52 Å². The van der Waals surface area contributed by atoms with Crippen LogP contribution in [0.5, 0.6) is 0 Å². The summed E-state index contributed by atoms with van der Waals surface area (Å²) in [6, 6.07) is 8.07. The maximum absolute atomic E-state index is 5.85. The smallest absolute Gasteiger partial charge is 0.137 e. The fraction of sp³-hybridized carbons (Fsp3) is 0.429. The lowest BCUT2D eigenvalue weighted by atomic mass is 10.0. The van der Waals surface area contributed by atoms with E-state index in [-0.39, 0.29) is 0 Å². The monoisotopic (exact) mass is 261 g/mol. The van der Waals surface area contributed by atoms with Gasteiger partial charge in [-0.2, -0.15) is 0 Å². The van der Waals surface area contributed by atoms with Crippen molar-refractivity contribution in [3.63, 3.8) is 0 Å². The van der Waals surface area contributed by atoms with Crippen LogP contribution in [-0.2, 0) is 0 Å². The molecule has 1 N–H and O–H groups in total. The van der Waals surface area contributed by atoms with Crippen molar-refractivity contribution in [2.45, 2.75) is 19.3 Å². The zero-order chi connectivity index (χ0) is 12.4. The van der Waals surface area contributed by atoms with Crippen LogP contribution in [0.15, 0.2) is 30.6 Å². The zero-order valence-corrected chi connectivity index (χ0v) is 11.0. The van der Waals surface area contributed by atoms with Gasteiger partial charge < -0.3 is 5.32 Å². The molecule has 1 aliphatic rings. The molecule has 1 aromatic heterocycles. The summed E-state index contributed by atoms with van der Waals surface area (Å²) in [5.41, 5.74) is 1.39. The molecule has 0 amide bonds. The van der Waals surface area contributed by atoms with E-state index in [4.69, 9.17) is 11.6 Å². The Bertz CT molecular complexity index is 546. The van der Waals surface area contributed by atoms with Crippen molar-refractivity contribution in [2.75, 3.05) is 17.7 Å². The minimum absolute atomic E-state index is 0.411. The Morgan fingerprint density at radius 2 is 2.06 bits per heavy atom. The van der Waals surface area contributed by atoms with E-state index in [0.717, 1.165) is 35.6 Å². The minimum atomic E-state index is 0.411. The maximum Gasteiger partial charge on any atom is 0.137 e. The SMILES string of the molecule is ClCCC1(CNc2ncnc3ccccc23)CC1. The molecule has 0 radical (unpaired) electrons. The lowest BCUT2D eigenvalue weighted by Crippen LogP contribution is -2.16. The van der Waals surface area contributed by atoms with Crippen LogP contribution in [0.4, 0.5) is 5.82 Å². The van der Waals surface area contributed by atoms with Gasteiger partial charge in [0.1, 0.15) is 12.1 Å². The first-order valence-electron chi connectivity index (χ1n) is 6.33. The molecule has 1 saturated carbocycles. The highest BCUT2D eigenvalue weighted by atomic mass is 35.5. The number of fused-ring (bicyclic) bond motifs is 1. The molecule has 1 aliphatic carbocycles. The van der Waals surface area contributed by atoms with Gasteiger partial charge in [0, 0.05) is 17.8 Å². The van der Waals surface area contributed by atoms with Crippen molar-refractivity contribution in [2.24, 2.45) is 5.41 Å². The van der Waals surface area contributed by atoms with Crippen molar-refractivity contribution in [3.05, 3.63) is 30.6 Å². The Kier molecular flexibility index (Phi) is 3.08. The summed E-state index contributed by atoms with van der Waals surface area (Å²) >= 11 is 5.85. The van der Waals surface area contributed by atoms with Crippen LogP contribution in [-0.4, -0.2) is 22.4 Å². The molecule has 0 atom stereocenters. The molecule has 94 valence electrons. The second kappa shape index (κ2) is 4.73. The molecule has 0 aliphatic heterocycles. The van der Waals surface area contributed by atoms with E-state index in [9.17, 15) is 0 Å². The van der Waals surface area contributed by atoms with Crippen LogP contribution < -0.4 is 5.32 Å². The number of hydrogen-bond donors (Lipinski definition) is 1. The van der Waals surface area contributed by atoms with Gasteiger partial charge in [0.2, 0.25) is 0 Å². The Hall–Kier alpha value is -1.35. The molecular weight excluding hydrogens is 246 g/mol. The highest BCUT2D eigenvalue weighted by molar-refractivity contribution is 6.17. The van der Waals surface area contributed by atoms with Gasteiger partial charge in [-0.1, -0.05) is 12.1 Å². The van der Waals surface area contributed by atoms with Gasteiger partial charge in [-0.25, -0.2) is 9.97 Å². The largest absolute Gasteiger partial charge is 0.369 e. The van der Waals surface area contributed by atoms with Gasteiger partial charge in [0.15, 0.2) is 0 Å². The fourth-order valence-corrected chi connectivity index (χ4v) is 2.71. The second-order valence-corrected chi connectivity index (χ2v) is 5.41. The van der Waals surface area contributed by atoms with Crippen molar-refractivity contribution in [1.29, 1.82) is 0 Å². The minimum Gasteiger partial charge on any atom is -0.369 e. The first kappa shape index (κ1) is 11.7. The number of halogens is 1. The summed E-state index contributed by atoms with van der Waals surface area (Å²) in [6.07, 6.45) is 5.25. The summed E-state index contributed by atoms with van der Waals surface area (Å²) in [4.78, 5) is 8.61. The maximum atomic E-state index is 5.85. The van der Waals surface area contributed by atoms with E-state index in [1.54, 1.807) is 6.33 Å². The second-order valence-electron chi connectivity index (χ2n) is 5.03. The van der Waals surface area contributed by atoms with E-state index in [0.29, 0.717) is 5.41 Å². The molecule has 3 rings (SSSR count). The molecule has 3 nitrogen and oxygen atoms in total. The standard InChI is InChI=1S/C14H16ClN3/c15-8-7-14(5-6-14)9-16-13-11-3-1-2-4-12(11)17-10-18-13/h1-4,10H,5-9H2,(H,16,17,18). The first-order valence-corrected chi connectivity index (χ1v) is 6.86. The third-order valence-corrected chi connectivity index (χ3v) is 3.94. The lowest BCUT2D eigenvalue weighted by Gasteiger charge is -2.15. The quantitative estimate of drug-likeness (QED) is 0.838. The van der Waals surface area contributed by atoms with E-state index >= 15 is 0 Å². The number of para-hydroxylation sites is 1. The van der Waals surface area contributed by atoms with Gasteiger partial charge in [-0.05, 0) is 36.8 Å². The third kappa shape index (κ3) is 2.27. The van der Waals surface area contributed by atoms with E-state index in [1.807, 2.05) is 18.2 Å². The highest BCUT2D eigenvalue weighted by Gasteiger charge is 2.41. The molecular formula is C14H16ClN3. The average Bonchev–Trinajstić information content (AvgIpc) is 3.17. The average molecular weight is 262 g/mol. The van der Waals surface area contributed by atoms with Crippen molar-refractivity contribution >= 4 is 28.3 Å². The van der Waals surface area contributed by atoms with E-state index in [1.165, 1.54) is 12.8 Å². The molecule has 0 unspecified atom stereocenters. The number of anilines is 1. The van der Waals surface area contributed by atoms with Crippen LogP contribution >= 0.6 is 11.6 Å². The summed E-state index contributed by atoms with van der Waals surface area (Å²) in [6.45, 7) is 0.959. The molecule has 2 aromatic rings. The summed E-state index contributed by atoms with van der Waals surface area (Å²) in [5.74, 6) is 1.67. The number of rotatable bonds is 5. The molecule has 1 aromatic carbocycles. The van der Waals surface area contributed by atoms with Crippen molar-refractivity contribution in [1.82, 2.24) is 9.97 Å². The number of alkyl halides is 1.